The highest BCUT2D eigenvalue weighted by molar-refractivity contribution is 9.10. The molecule has 0 amide bonds. The van der Waals surface area contributed by atoms with Gasteiger partial charge in [-0.2, -0.15) is 11.8 Å². The molecule has 2 rings (SSSR count). The summed E-state index contributed by atoms with van der Waals surface area (Å²) in [6.07, 6.45) is 5.46. The van der Waals surface area contributed by atoms with Crippen LogP contribution in [0.5, 0.6) is 0 Å². The van der Waals surface area contributed by atoms with Crippen LogP contribution in [0.1, 0.15) is 37.4 Å². The lowest BCUT2D eigenvalue weighted by Crippen LogP contribution is -2.18. The largest absolute Gasteiger partial charge is 0.322 e. The Kier molecular flexibility index (Phi) is 4.27. The fourth-order valence-corrected chi connectivity index (χ4v) is 4.03. The van der Waals surface area contributed by atoms with Crippen LogP contribution in [0.4, 0.5) is 0 Å². The molecule has 0 radical (unpaired) electrons. The molecule has 0 aliphatic heterocycles. The Balaban J connectivity index is 1.89. The SMILES string of the molecule is Cn1nnc(Br)c1C(N)CSC1CCCC1. The van der Waals surface area contributed by atoms with Gasteiger partial charge in [-0.05, 0) is 28.8 Å². The summed E-state index contributed by atoms with van der Waals surface area (Å²) in [6, 6.07) is 0.0139. The molecular formula is C10H17BrN4S. The Morgan fingerprint density at radius 3 is 2.81 bits per heavy atom. The first kappa shape index (κ1) is 12.4. The first-order chi connectivity index (χ1) is 7.68. The number of hydrogen-bond acceptors (Lipinski definition) is 4. The molecular weight excluding hydrogens is 288 g/mol. The number of aryl methyl sites for hydroxylation is 1. The Bertz CT molecular complexity index is 329. The minimum absolute atomic E-state index is 0.0139. The fourth-order valence-electron chi connectivity index (χ4n) is 2.11. The third-order valence-electron chi connectivity index (χ3n) is 2.99. The number of rotatable bonds is 4. The van der Waals surface area contributed by atoms with Crippen LogP contribution in [0.2, 0.25) is 0 Å². The molecule has 0 aromatic carbocycles. The van der Waals surface area contributed by atoms with Gasteiger partial charge in [0, 0.05) is 18.1 Å². The molecule has 6 heteroatoms. The standard InChI is InChI=1S/C10H17BrN4S/c1-15-9(10(11)13-14-15)8(12)6-16-7-4-2-3-5-7/h7-8H,2-6,12H2,1H3. The lowest BCUT2D eigenvalue weighted by molar-refractivity contribution is 0.639. The summed E-state index contributed by atoms with van der Waals surface area (Å²) >= 11 is 5.38. The monoisotopic (exact) mass is 304 g/mol. The van der Waals surface area contributed by atoms with E-state index in [0.29, 0.717) is 0 Å². The molecule has 1 saturated carbocycles. The van der Waals surface area contributed by atoms with E-state index in [1.807, 2.05) is 18.8 Å². The molecule has 1 heterocycles. The summed E-state index contributed by atoms with van der Waals surface area (Å²) in [4.78, 5) is 0. The molecule has 1 aromatic rings. The fraction of sp³-hybridized carbons (Fsp3) is 0.800. The second kappa shape index (κ2) is 5.51. The van der Waals surface area contributed by atoms with Gasteiger partial charge in [0.25, 0.3) is 0 Å². The number of hydrogen-bond donors (Lipinski definition) is 1. The van der Waals surface area contributed by atoms with Crippen molar-refractivity contribution in [1.82, 2.24) is 15.0 Å². The van der Waals surface area contributed by atoms with Crippen molar-refractivity contribution in [2.75, 3.05) is 5.75 Å². The maximum atomic E-state index is 6.17. The minimum atomic E-state index is 0.0139. The second-order valence-electron chi connectivity index (χ2n) is 4.24. The van der Waals surface area contributed by atoms with E-state index in [0.717, 1.165) is 21.3 Å². The highest BCUT2D eigenvalue weighted by Gasteiger charge is 2.20. The summed E-state index contributed by atoms with van der Waals surface area (Å²) < 4.78 is 2.53. The number of aromatic nitrogens is 3. The van der Waals surface area contributed by atoms with Gasteiger partial charge in [-0.1, -0.05) is 18.1 Å². The summed E-state index contributed by atoms with van der Waals surface area (Å²) in [5.74, 6) is 0.949. The molecule has 1 atom stereocenters. The molecule has 4 nitrogen and oxygen atoms in total. The summed E-state index contributed by atoms with van der Waals surface area (Å²) in [5, 5.41) is 8.72. The van der Waals surface area contributed by atoms with Crippen LogP contribution < -0.4 is 5.73 Å². The van der Waals surface area contributed by atoms with Crippen molar-refractivity contribution in [3.63, 3.8) is 0 Å². The Hall–Kier alpha value is -0.0700. The highest BCUT2D eigenvalue weighted by atomic mass is 79.9. The van der Waals surface area contributed by atoms with E-state index in [9.17, 15) is 0 Å². The average Bonchev–Trinajstić information content (AvgIpc) is 2.86. The third-order valence-corrected chi connectivity index (χ3v) is 5.05. The molecule has 0 bridgehead atoms. The second-order valence-corrected chi connectivity index (χ2v) is 6.32. The van der Waals surface area contributed by atoms with Crippen LogP contribution in [0.25, 0.3) is 0 Å². The van der Waals surface area contributed by atoms with Crippen LogP contribution in [-0.2, 0) is 7.05 Å². The van der Waals surface area contributed by atoms with E-state index < -0.39 is 0 Å². The molecule has 0 spiro atoms. The smallest absolute Gasteiger partial charge is 0.153 e. The zero-order valence-electron chi connectivity index (χ0n) is 9.40. The first-order valence-electron chi connectivity index (χ1n) is 5.60. The van der Waals surface area contributed by atoms with Crippen molar-refractivity contribution in [2.45, 2.75) is 37.0 Å². The van der Waals surface area contributed by atoms with Gasteiger partial charge in [0.1, 0.15) is 0 Å². The third kappa shape index (κ3) is 2.78. The van der Waals surface area contributed by atoms with E-state index >= 15 is 0 Å². The molecule has 1 unspecified atom stereocenters. The zero-order valence-corrected chi connectivity index (χ0v) is 11.8. The van der Waals surface area contributed by atoms with Crippen molar-refractivity contribution in [2.24, 2.45) is 12.8 Å². The van der Waals surface area contributed by atoms with E-state index in [2.05, 4.69) is 26.2 Å². The Morgan fingerprint density at radius 2 is 2.25 bits per heavy atom. The van der Waals surface area contributed by atoms with Gasteiger partial charge in [0.15, 0.2) is 4.60 Å². The minimum Gasteiger partial charge on any atom is -0.322 e. The average molecular weight is 305 g/mol. The van der Waals surface area contributed by atoms with Gasteiger partial charge >= 0.3 is 0 Å². The molecule has 1 aliphatic carbocycles. The van der Waals surface area contributed by atoms with Crippen molar-refractivity contribution >= 4 is 27.7 Å². The van der Waals surface area contributed by atoms with Gasteiger partial charge in [-0.3, -0.25) is 0 Å². The topological polar surface area (TPSA) is 56.7 Å². The van der Waals surface area contributed by atoms with Crippen LogP contribution in [-0.4, -0.2) is 26.0 Å². The highest BCUT2D eigenvalue weighted by Crippen LogP contribution is 2.32. The predicted molar refractivity (Wildman–Crippen MR) is 70.3 cm³/mol. The van der Waals surface area contributed by atoms with Gasteiger partial charge in [0.2, 0.25) is 0 Å². The quantitative estimate of drug-likeness (QED) is 0.927. The van der Waals surface area contributed by atoms with Crippen LogP contribution in [0, 0.1) is 0 Å². The summed E-state index contributed by atoms with van der Waals surface area (Å²) in [7, 11) is 1.88. The van der Waals surface area contributed by atoms with Crippen molar-refractivity contribution < 1.29 is 0 Å². The Labute approximate surface area is 108 Å². The van der Waals surface area contributed by atoms with E-state index in [-0.39, 0.29) is 6.04 Å². The molecule has 2 N–H and O–H groups in total. The molecule has 16 heavy (non-hydrogen) atoms. The van der Waals surface area contributed by atoms with E-state index in [4.69, 9.17) is 5.73 Å². The number of halogens is 1. The van der Waals surface area contributed by atoms with Gasteiger partial charge < -0.3 is 5.73 Å². The maximum absolute atomic E-state index is 6.17. The van der Waals surface area contributed by atoms with Crippen LogP contribution in [0.3, 0.4) is 0 Å². The molecule has 1 aromatic heterocycles. The molecule has 1 fully saturated rings. The van der Waals surface area contributed by atoms with Gasteiger partial charge in [0.05, 0.1) is 11.7 Å². The number of thioether (sulfide) groups is 1. The van der Waals surface area contributed by atoms with Crippen LogP contribution in [0.15, 0.2) is 4.60 Å². The normalized spacial score (nSPS) is 19.2. The molecule has 90 valence electrons. The van der Waals surface area contributed by atoms with Crippen LogP contribution >= 0.6 is 27.7 Å². The van der Waals surface area contributed by atoms with Gasteiger partial charge in [-0.25, -0.2) is 4.68 Å². The molecule has 1 aliphatic rings. The number of nitrogens with two attached hydrogens (primary N) is 1. The predicted octanol–water partition coefficient (Wildman–Crippen LogP) is 2.25. The van der Waals surface area contributed by atoms with Gasteiger partial charge in [-0.15, -0.1) is 5.10 Å². The summed E-state index contributed by atoms with van der Waals surface area (Å²) in [5.41, 5.74) is 7.16. The van der Waals surface area contributed by atoms with E-state index in [1.54, 1.807) is 4.68 Å². The van der Waals surface area contributed by atoms with Crippen molar-refractivity contribution in [3.8, 4) is 0 Å². The zero-order chi connectivity index (χ0) is 11.5. The maximum Gasteiger partial charge on any atom is 0.153 e. The first-order valence-corrected chi connectivity index (χ1v) is 7.45. The van der Waals surface area contributed by atoms with Crippen molar-refractivity contribution in [1.29, 1.82) is 0 Å². The van der Waals surface area contributed by atoms with E-state index in [1.165, 1.54) is 25.7 Å². The lowest BCUT2D eigenvalue weighted by atomic mass is 10.3. The number of nitrogens with zero attached hydrogens (tertiary/aromatic N) is 3. The Morgan fingerprint density at radius 1 is 1.56 bits per heavy atom. The van der Waals surface area contributed by atoms with Crippen molar-refractivity contribution in [3.05, 3.63) is 10.3 Å². The lowest BCUT2D eigenvalue weighted by Gasteiger charge is -2.14. The summed E-state index contributed by atoms with van der Waals surface area (Å²) in [6.45, 7) is 0. The molecule has 0 saturated heterocycles.